The van der Waals surface area contributed by atoms with E-state index in [0.29, 0.717) is 11.4 Å². The first-order valence-corrected chi connectivity index (χ1v) is 37.5. The average molecular weight is 1690 g/mol. The summed E-state index contributed by atoms with van der Waals surface area (Å²) in [5.74, 6) is -2.03. The van der Waals surface area contributed by atoms with Crippen molar-refractivity contribution in [2.24, 2.45) is 0 Å². The number of aryl methyl sites for hydroxylation is 5. The number of nitrogens with two attached hydrogens (primary N) is 2. The number of anilines is 3. The summed E-state index contributed by atoms with van der Waals surface area (Å²) in [6.07, 6.45) is 4.91. The lowest BCUT2D eigenvalue weighted by atomic mass is 9.79. The van der Waals surface area contributed by atoms with Crippen molar-refractivity contribution in [3.8, 4) is 52.8 Å². The van der Waals surface area contributed by atoms with Gasteiger partial charge >= 0.3 is 7.12 Å². The summed E-state index contributed by atoms with van der Waals surface area (Å²) >= 11 is 23.2. The number of halogens is 8. The van der Waals surface area contributed by atoms with E-state index in [1.165, 1.54) is 48.3 Å². The van der Waals surface area contributed by atoms with Crippen molar-refractivity contribution in [3.63, 3.8) is 0 Å². The second-order valence-corrected chi connectivity index (χ2v) is 32.7. The fourth-order valence-corrected chi connectivity index (χ4v) is 15.4. The Kier molecular flexibility index (Phi) is 28.5. The highest BCUT2D eigenvalue weighted by molar-refractivity contribution is 9.11. The van der Waals surface area contributed by atoms with Crippen molar-refractivity contribution in [2.75, 3.05) is 16.8 Å². The van der Waals surface area contributed by atoms with E-state index >= 15 is 0 Å². The monoisotopic (exact) mass is 1680 g/mol. The van der Waals surface area contributed by atoms with Gasteiger partial charge in [0.1, 0.15) is 34.4 Å². The van der Waals surface area contributed by atoms with Crippen molar-refractivity contribution in [2.45, 2.75) is 80.4 Å². The lowest BCUT2D eigenvalue weighted by molar-refractivity contribution is 0.00578. The first-order valence-electron chi connectivity index (χ1n) is 30.6. The van der Waals surface area contributed by atoms with Gasteiger partial charge in [0.25, 0.3) is 11.1 Å². The molecule has 0 radical (unpaired) electrons. The highest BCUT2D eigenvalue weighted by Gasteiger charge is 2.51. The Hall–Kier alpha value is -7.93. The zero-order valence-electron chi connectivity index (χ0n) is 56.2. The molecule has 9 heterocycles. The summed E-state index contributed by atoms with van der Waals surface area (Å²) in [4.78, 5) is 39.7. The predicted molar refractivity (Wildman–Crippen MR) is 418 cm³/mol. The quantitative estimate of drug-likeness (QED) is 0.0383. The van der Waals surface area contributed by atoms with Crippen LogP contribution in [0.15, 0.2) is 207 Å². The molecule has 1 saturated heterocycles. The number of carbonyl (C=O) groups is 3. The minimum absolute atomic E-state index is 0.138. The van der Waals surface area contributed by atoms with Gasteiger partial charge in [0.05, 0.1) is 60.7 Å². The molecule has 13 aromatic rings. The van der Waals surface area contributed by atoms with E-state index in [1.54, 1.807) is 89.1 Å². The summed E-state index contributed by atoms with van der Waals surface area (Å²) in [7, 11) is -0.300. The third-order valence-electron chi connectivity index (χ3n) is 15.1. The van der Waals surface area contributed by atoms with Crippen molar-refractivity contribution < 1.29 is 54.8 Å². The SMILES string of the molecule is CC(=O)c1cc(C)c(Br)s1.CC1(C)OB(c2ccc(N)cc2)OC1(C)C.Cc1cc(-c2ccno2)sc1-c1ccc(N)cc1.Cc1cc(-c2ccno2)sc1-c1ccc(NC(=O)c2c(F)cccc2F)cc1.Cc1cc(-c2ccno2)sc1Br.Cc1ccsc1Br.O=C(Cl)c1c(F)cccc1F. The first kappa shape index (κ1) is 79.8. The van der Waals surface area contributed by atoms with Crippen LogP contribution in [0, 0.1) is 57.9 Å². The number of benzene rings is 5. The summed E-state index contributed by atoms with van der Waals surface area (Å²) < 4.78 is 83.3. The second-order valence-electron chi connectivity index (χ2n) is 23.3. The molecular formula is C74H65BBr3ClF4N6O8S5. The van der Waals surface area contributed by atoms with Crippen LogP contribution in [0.3, 0.4) is 0 Å². The highest BCUT2D eigenvalue weighted by atomic mass is 79.9. The number of hydrogen-bond acceptors (Lipinski definition) is 18. The van der Waals surface area contributed by atoms with Gasteiger partial charge in [0.2, 0.25) is 0 Å². The molecule has 1 aliphatic rings. The second kappa shape index (κ2) is 36.5. The molecule has 0 unspecified atom stereocenters. The molecule has 102 heavy (non-hydrogen) atoms. The molecule has 528 valence electrons. The van der Waals surface area contributed by atoms with Crippen LogP contribution < -0.4 is 22.2 Å². The van der Waals surface area contributed by atoms with E-state index < -0.39 is 45.5 Å². The number of nitrogen functional groups attached to an aromatic ring is 2. The number of ketones is 1. The zero-order valence-corrected chi connectivity index (χ0v) is 65.8. The van der Waals surface area contributed by atoms with Gasteiger partial charge in [-0.05, 0) is 269 Å². The number of nitrogens with zero attached hydrogens (tertiary/aromatic N) is 3. The third-order valence-corrected chi connectivity index (χ3v) is 24.3. The molecule has 8 aromatic heterocycles. The smallest absolute Gasteiger partial charge is 0.399 e. The number of aromatic nitrogens is 3. The highest BCUT2D eigenvalue weighted by Crippen LogP contribution is 2.41. The van der Waals surface area contributed by atoms with Crippen LogP contribution in [-0.2, 0) is 9.31 Å². The Morgan fingerprint density at radius 2 is 0.902 bits per heavy atom. The van der Waals surface area contributed by atoms with Crippen LogP contribution in [0.5, 0.6) is 0 Å². The van der Waals surface area contributed by atoms with Crippen LogP contribution in [0.4, 0.5) is 34.6 Å². The molecule has 14 rings (SSSR count). The van der Waals surface area contributed by atoms with Gasteiger partial charge in [-0.1, -0.05) is 64.0 Å². The van der Waals surface area contributed by atoms with Crippen molar-refractivity contribution in [1.29, 1.82) is 0 Å². The van der Waals surface area contributed by atoms with E-state index in [1.807, 2.05) is 126 Å². The van der Waals surface area contributed by atoms with Crippen LogP contribution in [0.1, 0.15) is 92.8 Å². The number of amides is 1. The van der Waals surface area contributed by atoms with Gasteiger partial charge in [0, 0.05) is 45.0 Å². The maximum atomic E-state index is 13.7. The lowest BCUT2D eigenvalue weighted by Crippen LogP contribution is -2.41. The van der Waals surface area contributed by atoms with E-state index in [0.717, 1.165) is 107 Å². The summed E-state index contributed by atoms with van der Waals surface area (Å²) in [6.45, 7) is 20.0. The fraction of sp³-hybridized carbons (Fsp3) is 0.162. The molecule has 1 fully saturated rings. The number of rotatable bonds is 10. The third kappa shape index (κ3) is 21.6. The molecule has 5 aromatic carbocycles. The number of Topliss-reactive ketones (excluding diaryl/α,β-unsaturated/α-hetero) is 1. The Morgan fingerprint density at radius 1 is 0.500 bits per heavy atom. The van der Waals surface area contributed by atoms with Gasteiger partial charge in [-0.25, -0.2) is 17.6 Å². The lowest BCUT2D eigenvalue weighted by Gasteiger charge is -2.32. The normalized spacial score (nSPS) is 12.3. The van der Waals surface area contributed by atoms with Crippen LogP contribution in [0.25, 0.3) is 52.8 Å². The van der Waals surface area contributed by atoms with Crippen LogP contribution in [-0.4, -0.2) is 50.7 Å². The van der Waals surface area contributed by atoms with E-state index in [2.05, 4.69) is 113 Å². The average Bonchev–Trinajstić information content (AvgIpc) is 1.63. The van der Waals surface area contributed by atoms with Crippen LogP contribution in [0.2, 0.25) is 0 Å². The van der Waals surface area contributed by atoms with Crippen molar-refractivity contribution in [1.82, 2.24) is 15.5 Å². The van der Waals surface area contributed by atoms with Gasteiger partial charge < -0.3 is 39.7 Å². The zero-order chi connectivity index (χ0) is 74.2. The van der Waals surface area contributed by atoms with Gasteiger partial charge in [-0.3, -0.25) is 14.4 Å². The first-order chi connectivity index (χ1) is 48.4. The number of hydrogen-bond donors (Lipinski definition) is 3. The molecule has 5 N–H and O–H groups in total. The van der Waals surface area contributed by atoms with Gasteiger partial charge in [-0.2, -0.15) is 0 Å². The molecule has 0 spiro atoms. The van der Waals surface area contributed by atoms with E-state index in [4.69, 9.17) is 45.9 Å². The van der Waals surface area contributed by atoms with E-state index in [9.17, 15) is 31.9 Å². The molecule has 1 amide bonds. The largest absolute Gasteiger partial charge is 0.494 e. The molecule has 0 bridgehead atoms. The fourth-order valence-electron chi connectivity index (χ4n) is 8.94. The van der Waals surface area contributed by atoms with Crippen molar-refractivity contribution in [3.05, 3.63) is 260 Å². The Bertz CT molecular complexity index is 4800. The molecule has 0 aliphatic carbocycles. The van der Waals surface area contributed by atoms with Crippen LogP contribution >= 0.6 is 116 Å². The Balaban J connectivity index is 0.000000158. The summed E-state index contributed by atoms with van der Waals surface area (Å²) in [6, 6.07) is 44.8. The Labute approximate surface area is 637 Å². The number of nitrogens with one attached hydrogen (secondary N) is 1. The maximum absolute atomic E-state index is 13.7. The standard InChI is InChI=1S/C21H14F2N2O2S.C14H12N2OS.C12H18BNO2.C8H6BrNOS.C7H7BrOS.C7H3ClF2O.C5H5BrS/c1-12-11-18(17-9-10-24-27-17)28-20(12)13-5-7-14(8-6-13)25-21(26)19-15(22)3-2-4-16(19)23;1-9-8-13(12-6-7-16-17-12)18-14(9)10-2-4-11(15)5-3-10;1-11(2)12(3,4)16-13(15-11)9-5-7-10(14)8-6-9;1-5-4-7(12-8(5)9)6-2-3-10-11-6;1-4-3-6(5(2)9)10-7(4)8;8-7(11)6-4(9)2-1-3-5(6)10;1-4-2-3-7-5(4)6/h2-11H,1H3,(H,25,26);2-8H,15H2,1H3;5-8H,14H2,1-4H3;2-4H,1H3;3H,1-2H3;1-3H;2-3H,1H3. The van der Waals surface area contributed by atoms with Crippen molar-refractivity contribution >= 4 is 163 Å². The van der Waals surface area contributed by atoms with Gasteiger partial charge in [-0.15, -0.1) is 56.7 Å². The Morgan fingerprint density at radius 3 is 1.24 bits per heavy atom. The van der Waals surface area contributed by atoms with E-state index in [-0.39, 0.29) is 24.1 Å². The topological polar surface area (TPSA) is 212 Å². The minimum atomic E-state index is -1.12. The molecule has 0 saturated carbocycles. The molecule has 0 atom stereocenters. The molecular weight excluding hydrogens is 1620 g/mol. The molecule has 28 heteroatoms. The summed E-state index contributed by atoms with van der Waals surface area (Å²) in [5.41, 5.74) is 20.6. The minimum Gasteiger partial charge on any atom is -0.399 e. The summed E-state index contributed by atoms with van der Waals surface area (Å²) in [5, 5.41) is 14.6. The number of carbonyl (C=O) groups excluding carboxylic acids is 3. The van der Waals surface area contributed by atoms with Gasteiger partial charge in [0.15, 0.2) is 23.1 Å². The maximum Gasteiger partial charge on any atom is 0.494 e. The predicted octanol–water partition coefficient (Wildman–Crippen LogP) is 23.1. The number of thiophene rings is 5. The molecule has 14 nitrogen and oxygen atoms in total. The molecule has 1 aliphatic heterocycles.